The normalized spacial score (nSPS) is 14.7. The van der Waals surface area contributed by atoms with Crippen molar-refractivity contribution in [3.63, 3.8) is 0 Å². The van der Waals surface area contributed by atoms with Gasteiger partial charge in [-0.3, -0.25) is 9.69 Å². The minimum Gasteiger partial charge on any atom is -0.495 e. The van der Waals surface area contributed by atoms with Gasteiger partial charge in [0.1, 0.15) is 11.5 Å². The molecule has 1 fully saturated rings. The summed E-state index contributed by atoms with van der Waals surface area (Å²) in [6, 6.07) is 12.6. The number of nitrogens with one attached hydrogen (secondary N) is 2. The van der Waals surface area contributed by atoms with Crippen molar-refractivity contribution in [2.45, 2.75) is 63.0 Å². The summed E-state index contributed by atoms with van der Waals surface area (Å²) in [6.45, 7) is 9.64. The van der Waals surface area contributed by atoms with Crippen molar-refractivity contribution in [1.29, 1.82) is 0 Å². The number of methoxy groups -OCH3 is 1. The summed E-state index contributed by atoms with van der Waals surface area (Å²) in [7, 11) is -1.91. The lowest BCUT2D eigenvalue weighted by atomic mass is 9.86. The predicted octanol–water partition coefficient (Wildman–Crippen LogP) is 5.27. The number of piperidine rings is 1. The van der Waals surface area contributed by atoms with Gasteiger partial charge in [0.2, 0.25) is 11.9 Å². The molecule has 2 N–H and O–H groups in total. The zero-order valence-electron chi connectivity index (χ0n) is 25.3. The van der Waals surface area contributed by atoms with E-state index < -0.39 is 15.1 Å². The lowest BCUT2D eigenvalue weighted by molar-refractivity contribution is -0.120. The van der Waals surface area contributed by atoms with Crippen molar-refractivity contribution >= 4 is 44.5 Å². The van der Waals surface area contributed by atoms with Crippen LogP contribution in [-0.4, -0.2) is 70.7 Å². The Balaban J connectivity index is 1.42. The first kappa shape index (κ1) is 30.4. The fourth-order valence-electron chi connectivity index (χ4n) is 5.45. The molecule has 1 aliphatic rings. The standard InChI is InChI=1S/C31H39N7O4S/c1-6-23(39)19-37-15-12-22(13-16-37)24-18-27(42-5)26(17-21(24)4)33-30-35-29-11-14-32-38(29)31(36-30)34-25-9-7-8-10-28(25)43(40,41)20(2)3/h7-11,14,17-18,20,22H,6,12-13,15-16,19H2,1-5H3,(H2,33,34,35,36). The number of Topliss-reactive ketones (excluding diaryl/α,β-unsaturated/α-hetero) is 1. The molecule has 2 aromatic carbocycles. The van der Waals surface area contributed by atoms with Gasteiger partial charge in [-0.1, -0.05) is 19.1 Å². The summed E-state index contributed by atoms with van der Waals surface area (Å²) < 4.78 is 33.4. The van der Waals surface area contributed by atoms with Crippen molar-refractivity contribution in [2.24, 2.45) is 0 Å². The molecule has 1 saturated heterocycles. The first-order valence-electron chi connectivity index (χ1n) is 14.6. The monoisotopic (exact) mass is 605 g/mol. The summed E-state index contributed by atoms with van der Waals surface area (Å²) >= 11 is 0. The maximum Gasteiger partial charge on any atom is 0.233 e. The molecule has 0 unspecified atom stereocenters. The van der Waals surface area contributed by atoms with Gasteiger partial charge in [-0.2, -0.15) is 19.6 Å². The number of carbonyl (C=O) groups excluding carboxylic acids is 1. The van der Waals surface area contributed by atoms with E-state index in [-0.39, 0.29) is 10.7 Å². The van der Waals surface area contributed by atoms with Crippen LogP contribution in [0, 0.1) is 6.92 Å². The van der Waals surface area contributed by atoms with Crippen LogP contribution in [0.5, 0.6) is 5.75 Å². The van der Waals surface area contributed by atoms with Crippen LogP contribution >= 0.6 is 0 Å². The largest absolute Gasteiger partial charge is 0.495 e. The number of ether oxygens (including phenoxy) is 1. The van der Waals surface area contributed by atoms with Gasteiger partial charge < -0.3 is 15.4 Å². The predicted molar refractivity (Wildman–Crippen MR) is 168 cm³/mol. The zero-order chi connectivity index (χ0) is 30.7. The fraction of sp³-hybridized carbons (Fsp3) is 0.419. The van der Waals surface area contributed by atoms with Gasteiger partial charge in [-0.15, -0.1) is 0 Å². The smallest absolute Gasteiger partial charge is 0.233 e. The molecule has 1 aliphatic heterocycles. The van der Waals surface area contributed by atoms with Crippen LogP contribution in [0.2, 0.25) is 0 Å². The molecular formula is C31H39N7O4S. The van der Waals surface area contributed by atoms with Crippen molar-refractivity contribution in [3.8, 4) is 5.75 Å². The summed E-state index contributed by atoms with van der Waals surface area (Å²) in [5.74, 6) is 1.95. The topological polar surface area (TPSA) is 131 Å². The number of aryl methyl sites for hydroxylation is 1. The number of anilines is 4. The second-order valence-electron chi connectivity index (χ2n) is 11.2. The summed E-state index contributed by atoms with van der Waals surface area (Å²) in [6.07, 6.45) is 4.15. The highest BCUT2D eigenvalue weighted by atomic mass is 32.2. The van der Waals surface area contributed by atoms with E-state index in [2.05, 4.69) is 43.6 Å². The van der Waals surface area contributed by atoms with Gasteiger partial charge in [0.25, 0.3) is 0 Å². The number of benzene rings is 2. The zero-order valence-corrected chi connectivity index (χ0v) is 26.1. The fourth-order valence-corrected chi connectivity index (χ4v) is 6.65. The molecule has 11 nitrogen and oxygen atoms in total. The van der Waals surface area contributed by atoms with Gasteiger partial charge in [-0.25, -0.2) is 8.42 Å². The molecule has 0 atom stereocenters. The van der Waals surface area contributed by atoms with Crippen LogP contribution in [0.15, 0.2) is 53.6 Å². The Hall–Kier alpha value is -4.03. The Morgan fingerprint density at radius 1 is 1.07 bits per heavy atom. The van der Waals surface area contributed by atoms with Crippen LogP contribution in [0.25, 0.3) is 5.65 Å². The minimum atomic E-state index is -3.55. The molecule has 0 aliphatic carbocycles. The maximum atomic E-state index is 13.0. The number of ketones is 1. The first-order chi connectivity index (χ1) is 20.6. The van der Waals surface area contributed by atoms with Gasteiger partial charge in [0.05, 0.1) is 41.4 Å². The van der Waals surface area contributed by atoms with E-state index in [0.717, 1.165) is 31.5 Å². The molecule has 5 rings (SSSR count). The second kappa shape index (κ2) is 12.7. The van der Waals surface area contributed by atoms with Crippen LogP contribution < -0.4 is 15.4 Å². The maximum absolute atomic E-state index is 13.0. The number of para-hydroxylation sites is 1. The molecule has 0 bridgehead atoms. The molecule has 4 aromatic rings. The van der Waals surface area contributed by atoms with E-state index in [0.29, 0.717) is 53.6 Å². The summed E-state index contributed by atoms with van der Waals surface area (Å²) in [5.41, 5.74) is 4.02. The number of rotatable bonds is 11. The van der Waals surface area contributed by atoms with E-state index >= 15 is 0 Å². The van der Waals surface area contributed by atoms with Gasteiger partial charge in [0.15, 0.2) is 15.5 Å². The van der Waals surface area contributed by atoms with Crippen LogP contribution in [0.3, 0.4) is 0 Å². The third-order valence-corrected chi connectivity index (χ3v) is 10.2. The molecule has 0 saturated carbocycles. The Bertz CT molecular complexity index is 1730. The Kier molecular flexibility index (Phi) is 8.97. The summed E-state index contributed by atoms with van der Waals surface area (Å²) in [4.78, 5) is 23.6. The van der Waals surface area contributed by atoms with Crippen molar-refractivity contribution < 1.29 is 17.9 Å². The Morgan fingerprint density at radius 2 is 1.81 bits per heavy atom. The highest BCUT2D eigenvalue weighted by Gasteiger charge is 2.25. The molecule has 228 valence electrons. The first-order valence-corrected chi connectivity index (χ1v) is 16.2. The SMILES string of the molecule is CCC(=O)CN1CCC(c2cc(OC)c(Nc3nc(Nc4ccccc4S(=O)(=O)C(C)C)n4nccc4n3)cc2C)CC1. The molecule has 12 heteroatoms. The highest BCUT2D eigenvalue weighted by Crippen LogP contribution is 2.37. The average Bonchev–Trinajstić information content (AvgIpc) is 3.47. The molecule has 43 heavy (non-hydrogen) atoms. The van der Waals surface area contributed by atoms with Gasteiger partial charge in [0, 0.05) is 12.5 Å². The molecule has 3 heterocycles. The Labute approximate surface area is 252 Å². The van der Waals surface area contributed by atoms with E-state index in [4.69, 9.17) is 4.74 Å². The number of fused-ring (bicyclic) bond motifs is 1. The quantitative estimate of drug-likeness (QED) is 0.233. The average molecular weight is 606 g/mol. The van der Waals surface area contributed by atoms with E-state index in [1.807, 2.05) is 13.0 Å². The third kappa shape index (κ3) is 6.50. The van der Waals surface area contributed by atoms with Gasteiger partial charge in [-0.05, 0) is 88.0 Å². The molecule has 0 radical (unpaired) electrons. The van der Waals surface area contributed by atoms with E-state index in [9.17, 15) is 13.2 Å². The van der Waals surface area contributed by atoms with Crippen LogP contribution in [-0.2, 0) is 14.6 Å². The molecule has 0 spiro atoms. The van der Waals surface area contributed by atoms with Crippen molar-refractivity contribution in [3.05, 3.63) is 59.8 Å². The molecular weight excluding hydrogens is 566 g/mol. The Morgan fingerprint density at radius 3 is 2.51 bits per heavy atom. The number of hydrogen-bond donors (Lipinski definition) is 2. The number of likely N-dealkylation sites (tertiary alicyclic amines) is 1. The summed E-state index contributed by atoms with van der Waals surface area (Å²) in [5, 5.41) is 10.2. The van der Waals surface area contributed by atoms with Crippen LogP contribution in [0.4, 0.5) is 23.3 Å². The molecule has 0 amide bonds. The lowest BCUT2D eigenvalue weighted by Crippen LogP contribution is -2.36. The minimum absolute atomic E-state index is 0.189. The number of carbonyl (C=O) groups is 1. The van der Waals surface area contributed by atoms with E-state index in [1.54, 1.807) is 57.5 Å². The van der Waals surface area contributed by atoms with Gasteiger partial charge >= 0.3 is 0 Å². The number of sulfone groups is 1. The molecule has 2 aromatic heterocycles. The number of aromatic nitrogens is 4. The highest BCUT2D eigenvalue weighted by molar-refractivity contribution is 7.92. The lowest BCUT2D eigenvalue weighted by Gasteiger charge is -2.32. The van der Waals surface area contributed by atoms with Crippen molar-refractivity contribution in [1.82, 2.24) is 24.5 Å². The van der Waals surface area contributed by atoms with E-state index in [1.165, 1.54) is 10.1 Å². The van der Waals surface area contributed by atoms with Crippen molar-refractivity contribution in [2.75, 3.05) is 37.4 Å². The third-order valence-electron chi connectivity index (χ3n) is 7.97. The number of hydrogen-bond acceptors (Lipinski definition) is 10. The number of nitrogens with zero attached hydrogens (tertiary/aromatic N) is 5. The van der Waals surface area contributed by atoms with Crippen LogP contribution in [0.1, 0.15) is 57.1 Å². The second-order valence-corrected chi connectivity index (χ2v) is 13.6.